The van der Waals surface area contributed by atoms with Crippen molar-refractivity contribution in [3.63, 3.8) is 0 Å². The molecule has 7 rings (SSSR count). The molecule has 3 aromatic rings. The van der Waals surface area contributed by atoms with Gasteiger partial charge in [-0.05, 0) is 113 Å². The summed E-state index contributed by atoms with van der Waals surface area (Å²) in [5.74, 6) is 1.11. The van der Waals surface area contributed by atoms with Crippen LogP contribution >= 0.6 is 0 Å². The number of nitrogens with zero attached hydrogens (tertiary/aromatic N) is 4. The Hall–Kier alpha value is -6.33. The number of hydrogen-bond acceptors (Lipinski definition) is 12. The molecule has 6 N–H and O–H groups in total. The van der Waals surface area contributed by atoms with Crippen molar-refractivity contribution in [1.29, 1.82) is 0 Å². The standard InChI is InChI=1S/C53H64F8N8O9/c1-50(2,52(56,57)58)44(65-49(75)76-5)46(71)63-41(20-31-9-6-30(7-10-31)8-11-32-12-15-43(62-23-32)67-24-35-13-14-36(25-67)69(35)37-28-78-29-37)42(70)27-68(66-47(72)45(64-48(73)74)51(3,4)53(59,60)61)26-38-39(54)21-34(22-40(38)55)33-16-18-77-19-17-33/h6-7,9-10,12,15,21-23,33,35-37,41-42,44-45,64,70H,13-14,16-20,24-29H2,1-5H3,(H,63,71)(H,65,75)(H,66,72)(H,73,74). The lowest BCUT2D eigenvalue weighted by Crippen LogP contribution is -2.63. The molecule has 6 unspecified atom stereocenters. The molecule has 4 aliphatic rings. The lowest BCUT2D eigenvalue weighted by atomic mass is 9.82. The fraction of sp³-hybridized carbons (Fsp3) is 0.566. The summed E-state index contributed by atoms with van der Waals surface area (Å²) < 4.78 is 134. The molecule has 25 heteroatoms. The molecule has 0 saturated carbocycles. The molecule has 6 atom stereocenters. The first kappa shape index (κ1) is 59.3. The minimum Gasteiger partial charge on any atom is -0.465 e. The van der Waals surface area contributed by atoms with E-state index >= 15 is 8.78 Å². The highest BCUT2D eigenvalue weighted by Gasteiger charge is 2.57. The first-order chi connectivity index (χ1) is 36.7. The minimum absolute atomic E-state index is 0.264. The number of alkyl carbamates (subject to hydrolysis) is 1. The van der Waals surface area contributed by atoms with Crippen LogP contribution in [0.15, 0.2) is 54.7 Å². The number of amides is 4. The van der Waals surface area contributed by atoms with Gasteiger partial charge in [-0.2, -0.15) is 26.3 Å². The average Bonchev–Trinajstić information content (AvgIpc) is 3.64. The van der Waals surface area contributed by atoms with Crippen LogP contribution in [-0.2, 0) is 36.8 Å². The number of hydrazine groups is 1. The van der Waals surface area contributed by atoms with Crippen molar-refractivity contribution in [2.45, 2.75) is 127 Å². The van der Waals surface area contributed by atoms with E-state index in [1.54, 1.807) is 18.3 Å². The zero-order valence-electron chi connectivity index (χ0n) is 43.6. The molecule has 17 nitrogen and oxygen atoms in total. The molecule has 4 fully saturated rings. The molecule has 0 spiro atoms. The molecular weight excluding hydrogens is 1040 g/mol. The molecule has 78 heavy (non-hydrogen) atoms. The van der Waals surface area contributed by atoms with Crippen LogP contribution in [0, 0.1) is 34.3 Å². The molecule has 2 bridgehead atoms. The Kier molecular flexibility index (Phi) is 18.5. The number of aliphatic hydroxyl groups is 1. The number of rotatable bonds is 18. The highest BCUT2D eigenvalue weighted by Crippen LogP contribution is 2.42. The molecule has 426 valence electrons. The number of methoxy groups -OCH3 is 1. The van der Waals surface area contributed by atoms with E-state index in [9.17, 15) is 55.7 Å². The van der Waals surface area contributed by atoms with Crippen LogP contribution in [0.2, 0.25) is 0 Å². The third-order valence-corrected chi connectivity index (χ3v) is 15.2. The number of anilines is 1. The molecule has 0 radical (unpaired) electrons. The number of aromatic nitrogens is 1. The van der Waals surface area contributed by atoms with Gasteiger partial charge in [0.25, 0.3) is 5.91 Å². The summed E-state index contributed by atoms with van der Waals surface area (Å²) in [7, 11) is 0.843. The van der Waals surface area contributed by atoms with Crippen LogP contribution in [0.5, 0.6) is 0 Å². The summed E-state index contributed by atoms with van der Waals surface area (Å²) in [6, 6.07) is 6.61. The van der Waals surface area contributed by atoms with Gasteiger partial charge in [0.1, 0.15) is 29.5 Å². The number of piperazine rings is 1. The fourth-order valence-electron chi connectivity index (χ4n) is 10.2. The number of hydrogen-bond donors (Lipinski definition) is 6. The van der Waals surface area contributed by atoms with E-state index in [0.717, 1.165) is 64.2 Å². The van der Waals surface area contributed by atoms with Crippen molar-refractivity contribution in [2.75, 3.05) is 58.1 Å². The number of aliphatic hydroxyl groups excluding tert-OH is 1. The van der Waals surface area contributed by atoms with Crippen molar-refractivity contribution < 1.29 is 78.7 Å². The summed E-state index contributed by atoms with van der Waals surface area (Å²) in [5.41, 5.74) is -3.15. The Labute approximate surface area is 445 Å². The number of pyridine rings is 1. The van der Waals surface area contributed by atoms with Gasteiger partial charge in [-0.3, -0.25) is 19.9 Å². The van der Waals surface area contributed by atoms with Crippen LogP contribution < -0.4 is 26.3 Å². The van der Waals surface area contributed by atoms with Crippen molar-refractivity contribution in [2.24, 2.45) is 10.8 Å². The third-order valence-electron chi connectivity index (χ3n) is 15.2. The van der Waals surface area contributed by atoms with Crippen molar-refractivity contribution in [1.82, 2.24) is 36.3 Å². The molecule has 4 saturated heterocycles. The van der Waals surface area contributed by atoms with E-state index < -0.39 is 108 Å². The molecule has 1 aromatic heterocycles. The number of halogens is 8. The number of fused-ring (bicyclic) bond motifs is 2. The maximum Gasteiger partial charge on any atom is 0.407 e. The van der Waals surface area contributed by atoms with Gasteiger partial charge in [0.05, 0.1) is 49.3 Å². The average molecular weight is 1110 g/mol. The first-order valence-corrected chi connectivity index (χ1v) is 25.4. The van der Waals surface area contributed by atoms with E-state index in [1.165, 1.54) is 17.4 Å². The summed E-state index contributed by atoms with van der Waals surface area (Å²) in [4.78, 5) is 61.7. The number of carboxylic acid groups (broad SMARTS) is 1. The van der Waals surface area contributed by atoms with Crippen LogP contribution in [0.1, 0.15) is 87.1 Å². The Balaban J connectivity index is 1.16. The van der Waals surface area contributed by atoms with Crippen LogP contribution in [-0.4, -0.2) is 157 Å². The first-order valence-electron chi connectivity index (χ1n) is 25.4. The van der Waals surface area contributed by atoms with Crippen molar-refractivity contribution >= 4 is 29.8 Å². The molecule has 4 amide bonds. The van der Waals surface area contributed by atoms with E-state index in [1.807, 2.05) is 17.4 Å². The quantitative estimate of drug-likeness (QED) is 0.0480. The zero-order valence-corrected chi connectivity index (χ0v) is 43.6. The SMILES string of the molecule is COC(=O)NC(C(=O)NC(Cc1ccc(C#Cc2ccc(N3CC4CCC(C3)N4C3COC3)nc2)cc1)C(O)CN(Cc1c(F)cc(C2CCOCC2)cc1F)NC(=O)C(NC(=O)O)C(C)(C)C(F)(F)F)C(C)(C)C(F)(F)F. The molecule has 0 aliphatic carbocycles. The molecule has 4 aliphatic heterocycles. The van der Waals surface area contributed by atoms with Crippen molar-refractivity contribution in [3.8, 4) is 11.8 Å². The summed E-state index contributed by atoms with van der Waals surface area (Å²) in [6.45, 7) is 4.11. The number of benzene rings is 2. The van der Waals surface area contributed by atoms with Gasteiger partial charge < -0.3 is 45.3 Å². The molecular formula is C53H64F8N8O9. The number of ether oxygens (including phenoxy) is 3. The van der Waals surface area contributed by atoms with Gasteiger partial charge in [0, 0.05) is 74.4 Å². The van der Waals surface area contributed by atoms with E-state index in [0.29, 0.717) is 93.6 Å². The second-order valence-corrected chi connectivity index (χ2v) is 21.3. The van der Waals surface area contributed by atoms with Gasteiger partial charge in [-0.1, -0.05) is 24.0 Å². The third kappa shape index (κ3) is 13.9. The predicted molar refractivity (Wildman–Crippen MR) is 265 cm³/mol. The number of alkyl halides is 6. The maximum absolute atomic E-state index is 16.0. The Morgan fingerprint density at radius 3 is 1.86 bits per heavy atom. The highest BCUT2D eigenvalue weighted by atomic mass is 19.4. The van der Waals surface area contributed by atoms with Gasteiger partial charge >= 0.3 is 24.5 Å². The summed E-state index contributed by atoms with van der Waals surface area (Å²) in [6.07, 6.45) is -11.6. The summed E-state index contributed by atoms with van der Waals surface area (Å²) >= 11 is 0. The largest absolute Gasteiger partial charge is 0.465 e. The Morgan fingerprint density at radius 2 is 1.35 bits per heavy atom. The number of nitrogens with one attached hydrogen (secondary N) is 4. The van der Waals surface area contributed by atoms with Crippen LogP contribution in [0.25, 0.3) is 0 Å². The smallest absolute Gasteiger partial charge is 0.407 e. The monoisotopic (exact) mass is 1110 g/mol. The maximum atomic E-state index is 16.0. The number of carbonyl (C=O) groups excluding carboxylic acids is 3. The topological polar surface area (TPSA) is 207 Å². The van der Waals surface area contributed by atoms with Crippen LogP contribution in [0.4, 0.5) is 50.5 Å². The van der Waals surface area contributed by atoms with E-state index in [-0.39, 0.29) is 11.5 Å². The predicted octanol–water partition coefficient (Wildman–Crippen LogP) is 6.16. The normalized spacial score (nSPS) is 20.1. The van der Waals surface area contributed by atoms with Crippen molar-refractivity contribution in [3.05, 3.63) is 94.2 Å². The number of carbonyl (C=O) groups is 4. The lowest BCUT2D eigenvalue weighted by molar-refractivity contribution is -0.221. The van der Waals surface area contributed by atoms with Gasteiger partial charge in [-0.15, -0.1) is 0 Å². The lowest BCUT2D eigenvalue weighted by Gasteiger charge is -2.47. The van der Waals surface area contributed by atoms with Gasteiger partial charge in [0.15, 0.2) is 0 Å². The Bertz CT molecular complexity index is 2640. The Morgan fingerprint density at radius 1 is 0.782 bits per heavy atom. The molecule has 2 aromatic carbocycles. The molecule has 5 heterocycles. The van der Waals surface area contributed by atoms with Gasteiger partial charge in [0.2, 0.25) is 5.91 Å². The summed E-state index contributed by atoms with van der Waals surface area (Å²) in [5, 5.41) is 27.9. The highest BCUT2D eigenvalue weighted by molar-refractivity contribution is 5.87. The second-order valence-electron chi connectivity index (χ2n) is 21.3. The van der Waals surface area contributed by atoms with E-state index in [4.69, 9.17) is 9.47 Å². The van der Waals surface area contributed by atoms with Crippen LogP contribution in [0.3, 0.4) is 0 Å². The van der Waals surface area contributed by atoms with E-state index in [2.05, 4.69) is 42.1 Å². The minimum atomic E-state index is -5.22. The zero-order chi connectivity index (χ0) is 56.9. The second kappa shape index (κ2) is 24.4. The fourth-order valence-corrected chi connectivity index (χ4v) is 10.2. The van der Waals surface area contributed by atoms with Gasteiger partial charge in [-0.25, -0.2) is 28.4 Å².